The number of aromatic nitrogens is 1. The number of hydrogen-bond donors (Lipinski definition) is 0. The van der Waals surface area contributed by atoms with Gasteiger partial charge in [0, 0.05) is 28.5 Å². The van der Waals surface area contributed by atoms with Crippen molar-refractivity contribution in [3.63, 3.8) is 0 Å². The maximum absolute atomic E-state index is 5.63. The highest BCUT2D eigenvalue weighted by molar-refractivity contribution is 7.99. The summed E-state index contributed by atoms with van der Waals surface area (Å²) in [5.41, 5.74) is 2.36. The number of halogens is 1. The van der Waals surface area contributed by atoms with Gasteiger partial charge in [0.1, 0.15) is 6.54 Å². The molecular weight excluding hydrogens is 398 g/mol. The van der Waals surface area contributed by atoms with Gasteiger partial charge in [-0.1, -0.05) is 0 Å². The molecule has 3 aromatic rings. The highest BCUT2D eigenvalue weighted by Gasteiger charge is 2.26. The van der Waals surface area contributed by atoms with Crippen LogP contribution >= 0.6 is 11.8 Å². The van der Waals surface area contributed by atoms with E-state index in [-0.39, 0.29) is 19.2 Å². The van der Waals surface area contributed by atoms with Crippen molar-refractivity contribution in [3.8, 4) is 34.3 Å². The quantitative estimate of drug-likeness (QED) is 0.583. The van der Waals surface area contributed by atoms with E-state index in [1.165, 1.54) is 16.2 Å². The summed E-state index contributed by atoms with van der Waals surface area (Å²) in [7, 11) is 3.33. The van der Waals surface area contributed by atoms with E-state index in [1.54, 1.807) is 14.2 Å². The molecule has 2 aromatic carbocycles. The van der Waals surface area contributed by atoms with Crippen LogP contribution in [0.4, 0.5) is 0 Å². The number of hydrogen-bond acceptors (Lipinski definition) is 5. The molecule has 7 heteroatoms. The molecule has 0 unspecified atom stereocenters. The van der Waals surface area contributed by atoms with Gasteiger partial charge in [0.05, 0.1) is 19.8 Å². The van der Waals surface area contributed by atoms with Gasteiger partial charge in [-0.2, -0.15) is 4.57 Å². The topological polar surface area (TPSA) is 40.8 Å². The lowest BCUT2D eigenvalue weighted by molar-refractivity contribution is -0.685. The van der Waals surface area contributed by atoms with Gasteiger partial charge in [0.15, 0.2) is 29.2 Å². The lowest BCUT2D eigenvalue weighted by Gasteiger charge is -2.15. The number of pyridine rings is 1. The van der Waals surface area contributed by atoms with Gasteiger partial charge < -0.3 is 31.4 Å². The van der Waals surface area contributed by atoms with Gasteiger partial charge in [-0.3, -0.25) is 0 Å². The molecule has 0 spiro atoms. The third-order valence-corrected chi connectivity index (χ3v) is 6.18. The molecule has 0 bridgehead atoms. The second-order valence-electron chi connectivity index (χ2n) is 6.59. The van der Waals surface area contributed by atoms with Gasteiger partial charge in [0.25, 0.3) is 0 Å². The molecule has 0 saturated heterocycles. The van der Waals surface area contributed by atoms with Crippen LogP contribution in [0.3, 0.4) is 0 Å². The molecule has 3 heterocycles. The van der Waals surface area contributed by atoms with Crippen LogP contribution in [-0.2, 0) is 6.54 Å². The summed E-state index contributed by atoms with van der Waals surface area (Å²) in [6.45, 7) is 1.26. The van der Waals surface area contributed by atoms with E-state index in [1.807, 2.05) is 23.9 Å². The van der Waals surface area contributed by atoms with Crippen molar-refractivity contribution < 1.29 is 35.9 Å². The molecule has 0 atom stereocenters. The van der Waals surface area contributed by atoms with E-state index in [2.05, 4.69) is 29.0 Å². The predicted molar refractivity (Wildman–Crippen MR) is 104 cm³/mol. The maximum Gasteiger partial charge on any atom is 0.231 e. The van der Waals surface area contributed by atoms with Crippen molar-refractivity contribution in [1.82, 2.24) is 0 Å². The smallest absolute Gasteiger partial charge is 0.231 e. The van der Waals surface area contributed by atoms with Crippen LogP contribution in [0.2, 0.25) is 0 Å². The Morgan fingerprint density at radius 2 is 1.64 bits per heavy atom. The number of rotatable bonds is 2. The summed E-state index contributed by atoms with van der Waals surface area (Å²) in [4.78, 5) is 1.23. The Labute approximate surface area is 174 Å². The van der Waals surface area contributed by atoms with Crippen molar-refractivity contribution in [2.45, 2.75) is 17.9 Å². The van der Waals surface area contributed by atoms with Crippen molar-refractivity contribution in [1.29, 1.82) is 0 Å². The number of methoxy groups -OCH3 is 2. The highest BCUT2D eigenvalue weighted by Crippen LogP contribution is 2.43. The van der Waals surface area contributed by atoms with Gasteiger partial charge in [-0.25, -0.2) is 0 Å². The molecule has 5 rings (SSSR count). The number of aryl methyl sites for hydroxylation is 1. The van der Waals surface area contributed by atoms with Gasteiger partial charge >= 0.3 is 0 Å². The molecule has 0 fully saturated rings. The SMILES string of the molecule is COc1cc2cc3[n+](cc2cc1OC)CCCSc1cc2c(cc1-3)OCO2.[Cl-]. The second-order valence-corrected chi connectivity index (χ2v) is 7.73. The lowest BCUT2D eigenvalue weighted by Crippen LogP contribution is -3.00. The Kier molecular flexibility index (Phi) is 5.17. The van der Waals surface area contributed by atoms with Gasteiger partial charge in [-0.15, -0.1) is 11.8 Å². The Balaban J connectivity index is 0.00000192. The summed E-state index contributed by atoms with van der Waals surface area (Å²) >= 11 is 1.88. The molecule has 0 radical (unpaired) electrons. The first-order valence-electron chi connectivity index (χ1n) is 8.93. The Bertz CT molecular complexity index is 1060. The summed E-state index contributed by atoms with van der Waals surface area (Å²) in [6, 6.07) is 10.5. The molecule has 1 aromatic heterocycles. The van der Waals surface area contributed by atoms with Crippen LogP contribution in [0.1, 0.15) is 6.42 Å². The van der Waals surface area contributed by atoms with Gasteiger partial charge in [-0.05, 0) is 29.7 Å². The molecule has 2 aliphatic rings. The molecule has 146 valence electrons. The largest absolute Gasteiger partial charge is 1.00 e. The predicted octanol–water partition coefficient (Wildman–Crippen LogP) is 1.04. The van der Waals surface area contributed by atoms with Crippen molar-refractivity contribution >= 4 is 22.5 Å². The normalized spacial score (nSPS) is 14.4. The standard InChI is InChI=1S/C21H20NO4S.ClH/c1-23-17-7-13-6-16-15-9-19-20(26-12-25-19)10-21(15)27-5-3-4-22(16)11-14(13)8-18(17)24-2;/h6-11H,3-5,12H2,1-2H3;1H/q+1;/p-1. The lowest BCUT2D eigenvalue weighted by atomic mass is 10.0. The third-order valence-electron chi connectivity index (χ3n) is 5.04. The van der Waals surface area contributed by atoms with Crippen LogP contribution < -0.4 is 35.9 Å². The van der Waals surface area contributed by atoms with E-state index in [0.717, 1.165) is 52.5 Å². The fourth-order valence-corrected chi connectivity index (χ4v) is 4.69. The minimum atomic E-state index is 0. The number of benzene rings is 2. The van der Waals surface area contributed by atoms with E-state index >= 15 is 0 Å². The maximum atomic E-state index is 5.63. The molecule has 28 heavy (non-hydrogen) atoms. The molecular formula is C21H20ClNO4S. The number of nitrogens with zero attached hydrogens (tertiary/aromatic N) is 1. The Hall–Kier alpha value is -2.31. The number of fused-ring (bicyclic) bond motifs is 5. The Morgan fingerprint density at radius 1 is 0.929 bits per heavy atom. The molecule has 0 amide bonds. The summed E-state index contributed by atoms with van der Waals surface area (Å²) in [6.07, 6.45) is 3.31. The molecule has 2 aliphatic heterocycles. The first kappa shape index (κ1) is 19.0. The van der Waals surface area contributed by atoms with Crippen molar-refractivity contribution in [2.24, 2.45) is 0 Å². The van der Waals surface area contributed by atoms with Crippen LogP contribution in [0.15, 0.2) is 41.4 Å². The molecule has 0 saturated carbocycles. The van der Waals surface area contributed by atoms with Crippen LogP contribution in [0.5, 0.6) is 23.0 Å². The zero-order valence-corrected chi connectivity index (χ0v) is 17.2. The molecule has 0 aliphatic carbocycles. The van der Waals surface area contributed by atoms with E-state index in [9.17, 15) is 0 Å². The van der Waals surface area contributed by atoms with Gasteiger partial charge in [0.2, 0.25) is 12.5 Å². The van der Waals surface area contributed by atoms with Crippen LogP contribution in [0, 0.1) is 0 Å². The average molecular weight is 418 g/mol. The third kappa shape index (κ3) is 3.10. The monoisotopic (exact) mass is 417 g/mol. The molecule has 5 nitrogen and oxygen atoms in total. The Morgan fingerprint density at radius 3 is 2.39 bits per heavy atom. The van der Waals surface area contributed by atoms with Crippen LogP contribution in [-0.4, -0.2) is 26.8 Å². The van der Waals surface area contributed by atoms with E-state index < -0.39 is 0 Å². The fourth-order valence-electron chi connectivity index (χ4n) is 3.69. The zero-order valence-electron chi connectivity index (χ0n) is 15.7. The summed E-state index contributed by atoms with van der Waals surface area (Å²) in [5, 5.41) is 2.25. The summed E-state index contributed by atoms with van der Waals surface area (Å²) in [5.74, 6) is 4.20. The highest BCUT2D eigenvalue weighted by atomic mass is 35.5. The average Bonchev–Trinajstić information content (AvgIpc) is 3.14. The van der Waals surface area contributed by atoms with E-state index in [4.69, 9.17) is 18.9 Å². The van der Waals surface area contributed by atoms with E-state index in [0.29, 0.717) is 0 Å². The molecule has 0 N–H and O–H groups in total. The first-order chi connectivity index (χ1) is 13.3. The second kappa shape index (κ2) is 7.60. The fraction of sp³-hybridized carbons (Fsp3) is 0.286. The van der Waals surface area contributed by atoms with Crippen LogP contribution in [0.25, 0.3) is 22.0 Å². The minimum absolute atomic E-state index is 0. The van der Waals surface area contributed by atoms with Crippen molar-refractivity contribution in [3.05, 3.63) is 36.5 Å². The minimum Gasteiger partial charge on any atom is -1.00 e. The van der Waals surface area contributed by atoms with Crippen molar-refractivity contribution in [2.75, 3.05) is 26.8 Å². The summed E-state index contributed by atoms with van der Waals surface area (Å²) < 4.78 is 24.5. The zero-order chi connectivity index (χ0) is 18.4. The number of thioether (sulfide) groups is 1. The first-order valence-corrected chi connectivity index (χ1v) is 9.91. The number of ether oxygens (including phenoxy) is 4.